The Morgan fingerprint density at radius 2 is 1.68 bits per heavy atom. The number of nitrogens with zero attached hydrogens (tertiary/aromatic N) is 1. The fourth-order valence-electron chi connectivity index (χ4n) is 6.15. The van der Waals surface area contributed by atoms with Gasteiger partial charge in [0.1, 0.15) is 5.75 Å². The van der Waals surface area contributed by atoms with Gasteiger partial charge in [-0.15, -0.1) is 0 Å². The molecule has 4 fully saturated rings. The number of benzene rings is 1. The van der Waals surface area contributed by atoms with Crippen LogP contribution in [0.15, 0.2) is 42.6 Å². The Morgan fingerprint density at radius 1 is 1.04 bits per heavy atom. The molecule has 0 unspecified atom stereocenters. The first kappa shape index (κ1) is 17.7. The maximum atomic E-state index is 13.3. The van der Waals surface area contributed by atoms with Crippen molar-refractivity contribution >= 4 is 5.97 Å². The number of carbonyl (C=O) groups is 1. The van der Waals surface area contributed by atoms with Crippen LogP contribution in [0.25, 0.3) is 0 Å². The number of ether oxygens (including phenoxy) is 2. The van der Waals surface area contributed by atoms with Crippen molar-refractivity contribution in [2.75, 3.05) is 7.11 Å². The lowest BCUT2D eigenvalue weighted by Gasteiger charge is -2.55. The highest BCUT2D eigenvalue weighted by molar-refractivity contribution is 5.80. The molecule has 6 rings (SSSR count). The quantitative estimate of drug-likeness (QED) is 0.702. The topological polar surface area (TPSA) is 48.4 Å². The van der Waals surface area contributed by atoms with Gasteiger partial charge in [0.15, 0.2) is 5.75 Å². The molecule has 0 amide bonds. The van der Waals surface area contributed by atoms with E-state index in [0.717, 1.165) is 54.0 Å². The Balaban J connectivity index is 1.35. The Labute approximate surface area is 166 Å². The lowest BCUT2D eigenvalue weighted by molar-refractivity contribution is -0.161. The number of aromatic nitrogens is 1. The van der Waals surface area contributed by atoms with Gasteiger partial charge in [-0.3, -0.25) is 9.78 Å². The Morgan fingerprint density at radius 3 is 2.29 bits per heavy atom. The number of hydrogen-bond acceptors (Lipinski definition) is 4. The summed E-state index contributed by atoms with van der Waals surface area (Å²) in [5.41, 5.74) is 1.68. The minimum absolute atomic E-state index is 0.0180. The maximum absolute atomic E-state index is 13.3. The molecule has 4 saturated carbocycles. The number of carbonyl (C=O) groups excluding carboxylic acids is 1. The van der Waals surface area contributed by atoms with Gasteiger partial charge in [-0.05, 0) is 86.1 Å². The summed E-state index contributed by atoms with van der Waals surface area (Å²) in [4.78, 5) is 17.8. The third-order valence-corrected chi connectivity index (χ3v) is 7.05. The molecule has 1 aromatic heterocycles. The average Bonchev–Trinajstić information content (AvgIpc) is 2.69. The van der Waals surface area contributed by atoms with E-state index >= 15 is 0 Å². The van der Waals surface area contributed by atoms with Crippen LogP contribution < -0.4 is 9.47 Å². The summed E-state index contributed by atoms with van der Waals surface area (Å²) in [5.74, 6) is 3.61. The van der Waals surface area contributed by atoms with Gasteiger partial charge in [0.05, 0.1) is 18.2 Å². The highest BCUT2D eigenvalue weighted by Crippen LogP contribution is 2.60. The van der Waals surface area contributed by atoms with Crippen LogP contribution in [0.2, 0.25) is 0 Å². The predicted octanol–water partition coefficient (Wildman–Crippen LogP) is 4.80. The molecule has 0 radical (unpaired) electrons. The van der Waals surface area contributed by atoms with E-state index in [1.165, 1.54) is 19.3 Å². The summed E-state index contributed by atoms with van der Waals surface area (Å²) in [7, 11) is 1.66. The number of pyridine rings is 1. The second kappa shape index (κ2) is 6.91. The van der Waals surface area contributed by atoms with Gasteiger partial charge in [0, 0.05) is 12.6 Å². The van der Waals surface area contributed by atoms with Crippen molar-refractivity contribution in [3.63, 3.8) is 0 Å². The molecule has 0 atom stereocenters. The number of hydrogen-bond donors (Lipinski definition) is 0. The van der Waals surface area contributed by atoms with E-state index < -0.39 is 0 Å². The van der Waals surface area contributed by atoms with Gasteiger partial charge in [0.2, 0.25) is 0 Å². The number of rotatable bonds is 5. The largest absolute Gasteiger partial charge is 0.497 e. The zero-order valence-electron chi connectivity index (χ0n) is 16.4. The standard InChI is InChI=1S/C24H27NO3/c1-27-20-6-4-16(5-7-20)12-21-22(3-2-8-25-21)28-23(26)24-13-17-9-18(14-24)11-19(10-17)15-24/h2-8,17-19H,9-15H2,1H3. The highest BCUT2D eigenvalue weighted by atomic mass is 16.5. The first-order valence-electron chi connectivity index (χ1n) is 10.4. The fourth-order valence-corrected chi connectivity index (χ4v) is 6.15. The molecular formula is C24H27NO3. The van der Waals surface area contributed by atoms with E-state index in [1.807, 2.05) is 36.4 Å². The van der Waals surface area contributed by atoms with E-state index in [2.05, 4.69) is 4.98 Å². The van der Waals surface area contributed by atoms with Gasteiger partial charge in [-0.2, -0.15) is 0 Å². The SMILES string of the molecule is COc1ccc(Cc2ncccc2OC(=O)C23CC4CC(CC(C4)C2)C3)cc1. The van der Waals surface area contributed by atoms with Crippen molar-refractivity contribution in [2.45, 2.75) is 44.9 Å². The molecule has 1 heterocycles. The molecule has 4 aliphatic carbocycles. The summed E-state index contributed by atoms with van der Waals surface area (Å²) in [5, 5.41) is 0. The summed E-state index contributed by atoms with van der Waals surface area (Å²) in [6.07, 6.45) is 9.42. The van der Waals surface area contributed by atoms with Crippen LogP contribution in [0.1, 0.15) is 49.8 Å². The van der Waals surface area contributed by atoms with Crippen molar-refractivity contribution in [1.82, 2.24) is 4.98 Å². The third-order valence-electron chi connectivity index (χ3n) is 7.05. The smallest absolute Gasteiger partial charge is 0.317 e. The normalized spacial score (nSPS) is 30.2. The number of methoxy groups -OCH3 is 1. The molecule has 0 saturated heterocycles. The van der Waals surface area contributed by atoms with Crippen molar-refractivity contribution in [3.8, 4) is 11.5 Å². The molecule has 0 aliphatic heterocycles. The summed E-state index contributed by atoms with van der Waals surface area (Å²) >= 11 is 0. The molecule has 4 bridgehead atoms. The van der Waals surface area contributed by atoms with Gasteiger partial charge >= 0.3 is 5.97 Å². The third kappa shape index (κ3) is 3.19. The average molecular weight is 377 g/mol. The Hall–Kier alpha value is -2.36. The Kier molecular flexibility index (Phi) is 4.37. The van der Waals surface area contributed by atoms with Crippen LogP contribution in [0.4, 0.5) is 0 Å². The molecule has 0 N–H and O–H groups in total. The molecule has 1 aromatic carbocycles. The van der Waals surface area contributed by atoms with Crippen LogP contribution in [-0.2, 0) is 11.2 Å². The van der Waals surface area contributed by atoms with Gasteiger partial charge in [-0.1, -0.05) is 12.1 Å². The van der Waals surface area contributed by atoms with Crippen molar-refractivity contribution in [1.29, 1.82) is 0 Å². The van der Waals surface area contributed by atoms with Gasteiger partial charge in [-0.25, -0.2) is 0 Å². The number of esters is 1. The summed E-state index contributed by atoms with van der Waals surface area (Å²) in [6.45, 7) is 0. The van der Waals surface area contributed by atoms with E-state index in [4.69, 9.17) is 9.47 Å². The molecule has 2 aromatic rings. The highest BCUT2D eigenvalue weighted by Gasteiger charge is 2.55. The van der Waals surface area contributed by atoms with Crippen molar-refractivity contribution in [2.24, 2.45) is 23.2 Å². The van der Waals surface area contributed by atoms with Crippen LogP contribution in [-0.4, -0.2) is 18.1 Å². The molecule has 0 spiro atoms. The zero-order valence-corrected chi connectivity index (χ0v) is 16.4. The first-order valence-corrected chi connectivity index (χ1v) is 10.4. The van der Waals surface area contributed by atoms with Crippen LogP contribution in [0.5, 0.6) is 11.5 Å². The van der Waals surface area contributed by atoms with E-state index in [9.17, 15) is 4.79 Å². The van der Waals surface area contributed by atoms with E-state index in [-0.39, 0.29) is 11.4 Å². The van der Waals surface area contributed by atoms with E-state index in [0.29, 0.717) is 12.2 Å². The molecule has 4 aliphatic rings. The van der Waals surface area contributed by atoms with Gasteiger partial charge in [0.25, 0.3) is 0 Å². The molecule has 28 heavy (non-hydrogen) atoms. The molecule has 4 heteroatoms. The summed E-state index contributed by atoms with van der Waals surface area (Å²) in [6, 6.07) is 11.7. The second-order valence-corrected chi connectivity index (χ2v) is 9.06. The maximum Gasteiger partial charge on any atom is 0.317 e. The fraction of sp³-hybridized carbons (Fsp3) is 0.500. The minimum atomic E-state index is -0.248. The monoisotopic (exact) mass is 377 g/mol. The second-order valence-electron chi connectivity index (χ2n) is 9.06. The van der Waals surface area contributed by atoms with E-state index in [1.54, 1.807) is 13.3 Å². The molecule has 4 nitrogen and oxygen atoms in total. The van der Waals surface area contributed by atoms with Gasteiger partial charge < -0.3 is 9.47 Å². The van der Waals surface area contributed by atoms with Crippen molar-refractivity contribution < 1.29 is 14.3 Å². The lowest BCUT2D eigenvalue weighted by atomic mass is 9.49. The van der Waals surface area contributed by atoms with Crippen molar-refractivity contribution in [3.05, 3.63) is 53.9 Å². The lowest BCUT2D eigenvalue weighted by Crippen LogP contribution is -2.51. The molecular weight excluding hydrogens is 350 g/mol. The zero-order chi connectivity index (χ0) is 19.1. The van der Waals surface area contributed by atoms with Crippen LogP contribution in [0.3, 0.4) is 0 Å². The first-order chi connectivity index (χ1) is 13.6. The predicted molar refractivity (Wildman–Crippen MR) is 106 cm³/mol. The summed E-state index contributed by atoms with van der Waals surface area (Å²) < 4.78 is 11.2. The van der Waals surface area contributed by atoms with Crippen LogP contribution in [0, 0.1) is 23.2 Å². The Bertz CT molecular complexity index is 838. The minimum Gasteiger partial charge on any atom is -0.497 e. The molecule has 146 valence electrons. The van der Waals surface area contributed by atoms with Crippen LogP contribution >= 0.6 is 0 Å².